The highest BCUT2D eigenvalue weighted by atomic mass is 16.5. The smallest absolute Gasteiger partial charge is 0.257 e. The average Bonchev–Trinajstić information content (AvgIpc) is 3.14. The highest BCUT2D eigenvalue weighted by molar-refractivity contribution is 6.04. The molecular weight excluding hydrogens is 354 g/mol. The minimum absolute atomic E-state index is 0.193. The topological polar surface area (TPSA) is 83.3 Å². The van der Waals surface area contributed by atoms with Gasteiger partial charge < -0.3 is 20.1 Å². The molecule has 1 amide bonds. The Morgan fingerprint density at radius 3 is 2.46 bits per heavy atom. The Labute approximate surface area is 163 Å². The van der Waals surface area contributed by atoms with Crippen molar-refractivity contribution in [3.63, 3.8) is 0 Å². The van der Waals surface area contributed by atoms with Gasteiger partial charge in [0.1, 0.15) is 11.6 Å². The molecule has 3 heterocycles. The Hall–Kier alpha value is -3.35. The second-order valence-electron chi connectivity index (χ2n) is 6.93. The zero-order chi connectivity index (χ0) is 19.3. The zero-order valence-corrected chi connectivity index (χ0v) is 15.8. The molecule has 144 valence electrons. The van der Waals surface area contributed by atoms with Crippen LogP contribution in [0, 0.1) is 6.92 Å². The summed E-state index contributed by atoms with van der Waals surface area (Å²) < 4.78 is 5.00. The summed E-state index contributed by atoms with van der Waals surface area (Å²) in [6.07, 6.45) is 5.33. The third kappa shape index (κ3) is 4.31. The number of hydrogen-bond donors (Lipinski definition) is 2. The summed E-state index contributed by atoms with van der Waals surface area (Å²) in [6.45, 7) is 4.02. The molecule has 1 aliphatic heterocycles. The first kappa shape index (κ1) is 18.0. The average molecular weight is 377 g/mol. The first-order valence-electron chi connectivity index (χ1n) is 9.50. The highest BCUT2D eigenvalue weighted by Crippen LogP contribution is 2.22. The molecule has 7 nitrogen and oxygen atoms in total. The number of piperidine rings is 1. The monoisotopic (exact) mass is 377 g/mol. The van der Waals surface area contributed by atoms with Crippen LogP contribution >= 0.6 is 0 Å². The summed E-state index contributed by atoms with van der Waals surface area (Å²) in [5, 5.41) is 9.80. The van der Waals surface area contributed by atoms with Crippen LogP contribution < -0.4 is 15.5 Å². The van der Waals surface area contributed by atoms with E-state index in [2.05, 4.69) is 37.8 Å². The molecule has 0 bridgehead atoms. The van der Waals surface area contributed by atoms with Crippen molar-refractivity contribution in [2.45, 2.75) is 26.2 Å². The molecule has 0 aliphatic carbocycles. The van der Waals surface area contributed by atoms with Crippen LogP contribution in [0.1, 0.15) is 35.4 Å². The second-order valence-corrected chi connectivity index (χ2v) is 6.93. The van der Waals surface area contributed by atoms with Crippen molar-refractivity contribution in [1.29, 1.82) is 0 Å². The molecular formula is C21H23N5O2. The van der Waals surface area contributed by atoms with Gasteiger partial charge in [-0.25, -0.2) is 4.98 Å². The summed E-state index contributed by atoms with van der Waals surface area (Å²) in [4.78, 5) is 19.1. The molecule has 4 rings (SSSR count). The number of nitrogens with zero attached hydrogens (tertiary/aromatic N) is 3. The summed E-state index contributed by atoms with van der Waals surface area (Å²) in [5.74, 6) is 1.69. The fourth-order valence-electron chi connectivity index (χ4n) is 3.27. The Bertz CT molecular complexity index is 928. The number of benzene rings is 1. The van der Waals surface area contributed by atoms with Crippen LogP contribution in [0.4, 0.5) is 23.0 Å². The van der Waals surface area contributed by atoms with Crippen LogP contribution in [0.15, 0.2) is 53.2 Å². The lowest BCUT2D eigenvalue weighted by atomic mass is 10.1. The van der Waals surface area contributed by atoms with Crippen LogP contribution in [0.2, 0.25) is 0 Å². The molecule has 3 aromatic rings. The van der Waals surface area contributed by atoms with E-state index in [-0.39, 0.29) is 5.91 Å². The van der Waals surface area contributed by atoms with Crippen molar-refractivity contribution >= 4 is 28.9 Å². The van der Waals surface area contributed by atoms with Gasteiger partial charge in [-0.1, -0.05) is 5.16 Å². The van der Waals surface area contributed by atoms with Gasteiger partial charge in [0.05, 0.1) is 5.56 Å². The molecule has 1 fully saturated rings. The third-order valence-electron chi connectivity index (χ3n) is 4.76. The number of hydrogen-bond acceptors (Lipinski definition) is 6. The van der Waals surface area contributed by atoms with E-state index in [0.29, 0.717) is 23.0 Å². The van der Waals surface area contributed by atoms with Crippen LogP contribution in [0.5, 0.6) is 0 Å². The maximum absolute atomic E-state index is 12.5. The molecule has 0 radical (unpaired) electrons. The second kappa shape index (κ2) is 8.12. The number of carbonyl (C=O) groups is 1. The van der Waals surface area contributed by atoms with Crippen molar-refractivity contribution in [3.05, 3.63) is 60.0 Å². The predicted molar refractivity (Wildman–Crippen MR) is 109 cm³/mol. The Morgan fingerprint density at radius 2 is 1.82 bits per heavy atom. The molecule has 2 aromatic heterocycles. The lowest BCUT2D eigenvalue weighted by Crippen LogP contribution is -2.29. The van der Waals surface area contributed by atoms with E-state index in [1.807, 2.05) is 19.1 Å². The van der Waals surface area contributed by atoms with E-state index in [1.54, 1.807) is 18.2 Å². The van der Waals surface area contributed by atoms with Crippen molar-refractivity contribution in [3.8, 4) is 0 Å². The van der Waals surface area contributed by atoms with Crippen LogP contribution in [0.25, 0.3) is 0 Å². The maximum Gasteiger partial charge on any atom is 0.257 e. The normalized spacial score (nSPS) is 14.0. The van der Waals surface area contributed by atoms with Crippen LogP contribution in [0.3, 0.4) is 0 Å². The SMILES string of the molecule is Cc1cc(Nc2ccc(C(=O)Nc3ccc(N4CCCCC4)cc3)cn2)no1. The number of anilines is 4. The van der Waals surface area contributed by atoms with Crippen molar-refractivity contribution in [2.24, 2.45) is 0 Å². The van der Waals surface area contributed by atoms with Gasteiger partial charge in [-0.3, -0.25) is 4.79 Å². The Balaban J connectivity index is 1.36. The first-order valence-corrected chi connectivity index (χ1v) is 9.50. The van der Waals surface area contributed by atoms with Crippen molar-refractivity contribution in [1.82, 2.24) is 10.1 Å². The number of pyridine rings is 1. The molecule has 28 heavy (non-hydrogen) atoms. The molecule has 0 saturated carbocycles. The fraction of sp³-hybridized carbons (Fsp3) is 0.286. The summed E-state index contributed by atoms with van der Waals surface area (Å²) in [5.41, 5.74) is 2.46. The number of aromatic nitrogens is 2. The van der Waals surface area contributed by atoms with E-state index >= 15 is 0 Å². The van der Waals surface area contributed by atoms with Gasteiger partial charge in [0.15, 0.2) is 5.82 Å². The predicted octanol–water partition coefficient (Wildman–Crippen LogP) is 4.36. The summed E-state index contributed by atoms with van der Waals surface area (Å²) >= 11 is 0. The molecule has 7 heteroatoms. The fourth-order valence-corrected chi connectivity index (χ4v) is 3.27. The molecule has 0 atom stereocenters. The quantitative estimate of drug-likeness (QED) is 0.687. The van der Waals surface area contributed by atoms with Gasteiger partial charge in [0.2, 0.25) is 0 Å². The summed E-state index contributed by atoms with van der Waals surface area (Å²) in [6, 6.07) is 13.2. The van der Waals surface area contributed by atoms with E-state index < -0.39 is 0 Å². The third-order valence-corrected chi connectivity index (χ3v) is 4.76. The lowest BCUT2D eigenvalue weighted by Gasteiger charge is -2.28. The number of amides is 1. The van der Waals surface area contributed by atoms with Crippen LogP contribution in [-0.4, -0.2) is 29.1 Å². The Morgan fingerprint density at radius 1 is 1.04 bits per heavy atom. The van der Waals surface area contributed by atoms with Crippen molar-refractivity contribution < 1.29 is 9.32 Å². The number of nitrogens with one attached hydrogen (secondary N) is 2. The van der Waals surface area contributed by atoms with E-state index in [9.17, 15) is 4.79 Å². The molecule has 2 N–H and O–H groups in total. The number of rotatable bonds is 5. The van der Waals surface area contributed by atoms with Gasteiger partial charge in [-0.2, -0.15) is 0 Å². The maximum atomic E-state index is 12.5. The molecule has 1 aromatic carbocycles. The van der Waals surface area contributed by atoms with Gasteiger partial charge in [0, 0.05) is 36.7 Å². The van der Waals surface area contributed by atoms with E-state index in [1.165, 1.54) is 31.1 Å². The lowest BCUT2D eigenvalue weighted by molar-refractivity contribution is 0.102. The van der Waals surface area contributed by atoms with E-state index in [4.69, 9.17) is 4.52 Å². The number of aryl methyl sites for hydroxylation is 1. The van der Waals surface area contributed by atoms with Gasteiger partial charge in [0.25, 0.3) is 5.91 Å². The van der Waals surface area contributed by atoms with Crippen molar-refractivity contribution in [2.75, 3.05) is 28.6 Å². The number of carbonyl (C=O) groups excluding carboxylic acids is 1. The van der Waals surface area contributed by atoms with Crippen LogP contribution in [-0.2, 0) is 0 Å². The first-order chi connectivity index (χ1) is 13.7. The van der Waals surface area contributed by atoms with Gasteiger partial charge in [-0.15, -0.1) is 0 Å². The minimum atomic E-state index is -0.193. The zero-order valence-electron chi connectivity index (χ0n) is 15.8. The minimum Gasteiger partial charge on any atom is -0.372 e. The molecule has 0 unspecified atom stereocenters. The molecule has 1 saturated heterocycles. The molecule has 1 aliphatic rings. The van der Waals surface area contributed by atoms with Gasteiger partial charge >= 0.3 is 0 Å². The van der Waals surface area contributed by atoms with E-state index in [0.717, 1.165) is 18.8 Å². The Kier molecular flexibility index (Phi) is 5.23. The summed E-state index contributed by atoms with van der Waals surface area (Å²) in [7, 11) is 0. The standard InChI is InChI=1S/C21H23N5O2/c1-15-13-20(25-28-15)24-19-10-5-16(14-22-19)21(27)23-17-6-8-18(9-7-17)26-11-3-2-4-12-26/h5-10,13-14H,2-4,11-12H2,1H3,(H,23,27)(H,22,24,25). The van der Waals surface area contributed by atoms with Gasteiger partial charge in [-0.05, 0) is 62.6 Å². The largest absolute Gasteiger partial charge is 0.372 e. The highest BCUT2D eigenvalue weighted by Gasteiger charge is 2.12. The molecule has 0 spiro atoms.